The number of amidine groups is 1. The average Bonchev–Trinajstić information content (AvgIpc) is 3.54. The van der Waals surface area contributed by atoms with Gasteiger partial charge in [0.15, 0.2) is 17.8 Å². The maximum Gasteiger partial charge on any atom is 0.188 e. The van der Waals surface area contributed by atoms with Crippen LogP contribution in [0.1, 0.15) is 23.0 Å². The first-order chi connectivity index (χ1) is 18.1. The number of hydrogen-bond acceptors (Lipinski definition) is 6. The van der Waals surface area contributed by atoms with Crippen molar-refractivity contribution in [2.45, 2.75) is 13.1 Å². The molecule has 0 amide bonds. The number of ether oxygens (including phenoxy) is 2. The zero-order chi connectivity index (χ0) is 25.4. The summed E-state index contributed by atoms with van der Waals surface area (Å²) in [7, 11) is 1.66. The van der Waals surface area contributed by atoms with Crippen molar-refractivity contribution in [2.75, 3.05) is 25.3 Å². The van der Waals surface area contributed by atoms with Crippen molar-refractivity contribution in [3.05, 3.63) is 114 Å². The Balaban J connectivity index is 1.39. The van der Waals surface area contributed by atoms with Gasteiger partial charge in [0, 0.05) is 6.20 Å². The quantitative estimate of drug-likeness (QED) is 0.364. The van der Waals surface area contributed by atoms with Gasteiger partial charge in [-0.1, -0.05) is 36.4 Å². The van der Waals surface area contributed by atoms with Crippen LogP contribution in [0.5, 0.6) is 5.75 Å². The summed E-state index contributed by atoms with van der Waals surface area (Å²) in [5.41, 5.74) is 4.66. The van der Waals surface area contributed by atoms with E-state index in [0.29, 0.717) is 18.9 Å². The SMILES string of the molecule is COc1cc(/C=C2\OCCN3C2=NC(c2ccccc2)N3c2ccc(F)cc2)ccc1-n1cnc(C)c1. The summed E-state index contributed by atoms with van der Waals surface area (Å²) in [5, 5.41) is 4.21. The fraction of sp³-hybridized carbons (Fsp3) is 0.172. The first-order valence-corrected chi connectivity index (χ1v) is 12.1. The van der Waals surface area contributed by atoms with E-state index in [9.17, 15) is 4.39 Å². The first-order valence-electron chi connectivity index (χ1n) is 12.1. The number of fused-ring (bicyclic) bond motifs is 1. The van der Waals surface area contributed by atoms with E-state index in [-0.39, 0.29) is 12.0 Å². The Morgan fingerprint density at radius 3 is 2.59 bits per heavy atom. The molecular weight excluding hydrogens is 469 g/mol. The molecule has 6 rings (SSSR count). The fourth-order valence-corrected chi connectivity index (χ4v) is 4.71. The molecule has 0 bridgehead atoms. The highest BCUT2D eigenvalue weighted by molar-refractivity contribution is 6.03. The highest BCUT2D eigenvalue weighted by Gasteiger charge is 2.39. The van der Waals surface area contributed by atoms with Crippen molar-refractivity contribution in [2.24, 2.45) is 4.99 Å². The number of hydrazine groups is 1. The largest absolute Gasteiger partial charge is 0.495 e. The minimum atomic E-state index is -0.298. The predicted molar refractivity (Wildman–Crippen MR) is 141 cm³/mol. The molecule has 2 aliphatic heterocycles. The van der Waals surface area contributed by atoms with Crippen LogP contribution in [0, 0.1) is 12.7 Å². The molecule has 1 unspecified atom stereocenters. The van der Waals surface area contributed by atoms with Crippen LogP contribution >= 0.6 is 0 Å². The number of morpholine rings is 1. The summed E-state index contributed by atoms with van der Waals surface area (Å²) in [6.45, 7) is 3.07. The van der Waals surface area contributed by atoms with Gasteiger partial charge in [-0.15, -0.1) is 0 Å². The number of aryl methyl sites for hydroxylation is 1. The van der Waals surface area contributed by atoms with Gasteiger partial charge in [0.1, 0.15) is 18.2 Å². The first kappa shape index (κ1) is 22.8. The molecule has 186 valence electrons. The van der Waals surface area contributed by atoms with E-state index in [0.717, 1.165) is 39.8 Å². The normalized spacial score (nSPS) is 18.0. The minimum absolute atomic E-state index is 0.272. The van der Waals surface area contributed by atoms with E-state index in [1.165, 1.54) is 12.1 Å². The number of rotatable bonds is 5. The Hall–Kier alpha value is -4.59. The summed E-state index contributed by atoms with van der Waals surface area (Å²) in [4.78, 5) is 9.40. The van der Waals surface area contributed by atoms with Crippen molar-refractivity contribution in [3.8, 4) is 11.4 Å². The number of aliphatic imine (C=N–C) groups is 1. The Morgan fingerprint density at radius 1 is 1.05 bits per heavy atom. The highest BCUT2D eigenvalue weighted by Crippen LogP contribution is 2.38. The van der Waals surface area contributed by atoms with E-state index < -0.39 is 0 Å². The molecule has 8 heteroatoms. The Kier molecular flexibility index (Phi) is 5.84. The van der Waals surface area contributed by atoms with E-state index in [1.54, 1.807) is 25.6 Å². The second kappa shape index (κ2) is 9.46. The summed E-state index contributed by atoms with van der Waals surface area (Å²) in [5.74, 6) is 1.86. The van der Waals surface area contributed by atoms with Crippen LogP contribution in [0.25, 0.3) is 11.8 Å². The smallest absolute Gasteiger partial charge is 0.188 e. The molecule has 2 aliphatic rings. The molecule has 0 radical (unpaired) electrons. The molecule has 1 aromatic heterocycles. The Labute approximate surface area is 214 Å². The van der Waals surface area contributed by atoms with Crippen LogP contribution in [0.3, 0.4) is 0 Å². The molecule has 3 heterocycles. The number of methoxy groups -OCH3 is 1. The molecule has 1 atom stereocenters. The molecule has 0 spiro atoms. The third-order valence-electron chi connectivity index (χ3n) is 6.44. The molecule has 1 saturated heterocycles. The molecular formula is C29H26FN5O2. The molecule has 0 N–H and O–H groups in total. The number of hydrogen-bond donors (Lipinski definition) is 0. The Bertz CT molecular complexity index is 1480. The van der Waals surface area contributed by atoms with Crippen molar-refractivity contribution in [3.63, 3.8) is 0 Å². The minimum Gasteiger partial charge on any atom is -0.495 e. The second-order valence-corrected chi connectivity index (χ2v) is 8.89. The van der Waals surface area contributed by atoms with Crippen LogP contribution in [0.15, 0.2) is 96.1 Å². The van der Waals surface area contributed by atoms with Gasteiger partial charge in [0.25, 0.3) is 0 Å². The lowest BCUT2D eigenvalue weighted by atomic mass is 10.1. The monoisotopic (exact) mass is 495 g/mol. The molecule has 4 aromatic rings. The number of anilines is 1. The summed E-state index contributed by atoms with van der Waals surface area (Å²) >= 11 is 0. The van der Waals surface area contributed by atoms with Gasteiger partial charge < -0.3 is 14.0 Å². The number of benzene rings is 3. The predicted octanol–water partition coefficient (Wildman–Crippen LogP) is 5.53. The maximum absolute atomic E-state index is 13.7. The van der Waals surface area contributed by atoms with Crippen LogP contribution < -0.4 is 9.75 Å². The molecule has 1 fully saturated rings. The van der Waals surface area contributed by atoms with Gasteiger partial charge in [-0.2, -0.15) is 0 Å². The molecule has 3 aromatic carbocycles. The third-order valence-corrected chi connectivity index (χ3v) is 6.44. The van der Waals surface area contributed by atoms with Gasteiger partial charge in [-0.05, 0) is 60.5 Å². The van der Waals surface area contributed by atoms with Crippen LogP contribution in [-0.2, 0) is 4.74 Å². The maximum atomic E-state index is 13.7. The van der Waals surface area contributed by atoms with Crippen molar-refractivity contribution >= 4 is 17.6 Å². The van der Waals surface area contributed by atoms with E-state index in [2.05, 4.69) is 27.1 Å². The number of imidazole rings is 1. The number of halogens is 1. The number of nitrogens with zero attached hydrogens (tertiary/aromatic N) is 5. The lowest BCUT2D eigenvalue weighted by molar-refractivity contribution is 0.169. The van der Waals surface area contributed by atoms with Gasteiger partial charge >= 0.3 is 0 Å². The average molecular weight is 496 g/mol. The van der Waals surface area contributed by atoms with E-state index in [1.807, 2.05) is 60.2 Å². The van der Waals surface area contributed by atoms with Crippen molar-refractivity contribution < 1.29 is 13.9 Å². The summed E-state index contributed by atoms with van der Waals surface area (Å²) in [6, 6.07) is 22.6. The van der Waals surface area contributed by atoms with Gasteiger partial charge in [0.2, 0.25) is 0 Å². The zero-order valence-electron chi connectivity index (χ0n) is 20.6. The van der Waals surface area contributed by atoms with Crippen LogP contribution in [0.2, 0.25) is 0 Å². The zero-order valence-corrected chi connectivity index (χ0v) is 20.6. The third kappa shape index (κ3) is 4.31. The second-order valence-electron chi connectivity index (χ2n) is 8.89. The van der Waals surface area contributed by atoms with E-state index >= 15 is 0 Å². The van der Waals surface area contributed by atoms with Crippen LogP contribution in [0.4, 0.5) is 10.1 Å². The highest BCUT2D eigenvalue weighted by atomic mass is 19.1. The molecule has 0 aliphatic carbocycles. The van der Waals surface area contributed by atoms with Gasteiger partial charge in [-0.25, -0.2) is 14.4 Å². The molecule has 0 saturated carbocycles. The van der Waals surface area contributed by atoms with Gasteiger partial charge in [0.05, 0.1) is 37.1 Å². The number of aromatic nitrogens is 2. The lowest BCUT2D eigenvalue weighted by Crippen LogP contribution is -2.47. The molecule has 7 nitrogen and oxygen atoms in total. The van der Waals surface area contributed by atoms with Crippen molar-refractivity contribution in [1.29, 1.82) is 0 Å². The summed E-state index contributed by atoms with van der Waals surface area (Å²) < 4.78 is 27.5. The fourth-order valence-electron chi connectivity index (χ4n) is 4.71. The topological polar surface area (TPSA) is 55.1 Å². The Morgan fingerprint density at radius 2 is 1.86 bits per heavy atom. The van der Waals surface area contributed by atoms with Crippen LogP contribution in [-0.4, -0.2) is 40.7 Å². The van der Waals surface area contributed by atoms with E-state index in [4.69, 9.17) is 14.5 Å². The standard InChI is InChI=1S/C29H26FN5O2/c1-20-18-33(19-31-20)25-13-8-21(16-26(25)36-2)17-27-29-32-28(22-6-4-3-5-7-22)35(34(29)14-15-37-27)24-11-9-23(30)10-12-24/h3-13,16-19,28H,14-15H2,1-2H3/b27-17-. The van der Waals surface area contributed by atoms with Gasteiger partial charge in [-0.3, -0.25) is 10.0 Å². The van der Waals surface area contributed by atoms with Crippen molar-refractivity contribution in [1.82, 2.24) is 14.6 Å². The molecule has 37 heavy (non-hydrogen) atoms. The lowest BCUT2D eigenvalue weighted by Gasteiger charge is -2.38. The summed E-state index contributed by atoms with van der Waals surface area (Å²) in [6.07, 6.45) is 5.41.